The van der Waals surface area contributed by atoms with Crippen molar-refractivity contribution in [2.45, 2.75) is 26.8 Å². The minimum Gasteiger partial charge on any atom is -0.343 e. The molecule has 5 heteroatoms. The first-order valence-electron chi connectivity index (χ1n) is 5.90. The van der Waals surface area contributed by atoms with Crippen LogP contribution in [0.4, 0.5) is 0 Å². The average molecular weight is 275 g/mol. The van der Waals surface area contributed by atoms with Crippen LogP contribution >= 0.6 is 22.9 Å². The molecular weight excluding hydrogens is 256 g/mol. The second-order valence-corrected chi connectivity index (χ2v) is 5.50. The first-order valence-corrected chi connectivity index (χ1v) is 7.09. The van der Waals surface area contributed by atoms with E-state index in [0.29, 0.717) is 13.0 Å². The number of nitrogens with one attached hydrogen (secondary N) is 1. The summed E-state index contributed by atoms with van der Waals surface area (Å²) in [5.74, 6) is 0.215. The van der Waals surface area contributed by atoms with E-state index in [1.807, 2.05) is 30.9 Å². The number of carbonyl (C=O) groups is 1. The van der Waals surface area contributed by atoms with Gasteiger partial charge in [-0.25, -0.2) is 0 Å². The molecule has 3 nitrogen and oxygen atoms in total. The van der Waals surface area contributed by atoms with Gasteiger partial charge in [-0.2, -0.15) is 0 Å². The number of hydrogen-bond acceptors (Lipinski definition) is 3. The van der Waals surface area contributed by atoms with Gasteiger partial charge >= 0.3 is 0 Å². The number of rotatable bonds is 7. The number of thiophene rings is 1. The van der Waals surface area contributed by atoms with Gasteiger partial charge in [0.05, 0.1) is 4.34 Å². The van der Waals surface area contributed by atoms with E-state index in [1.54, 1.807) is 11.3 Å². The maximum Gasteiger partial charge on any atom is 0.223 e. The van der Waals surface area contributed by atoms with Crippen LogP contribution in [0.2, 0.25) is 4.34 Å². The molecule has 0 unspecified atom stereocenters. The van der Waals surface area contributed by atoms with Crippen LogP contribution in [0.15, 0.2) is 12.1 Å². The van der Waals surface area contributed by atoms with Crippen molar-refractivity contribution in [2.75, 3.05) is 19.6 Å². The standard InChI is InChI=1S/C12H19ClN2OS/c1-3-15(4-2)12(16)7-8-14-9-10-5-6-11(13)17-10/h5-6,14H,3-4,7-9H2,1-2H3. The fourth-order valence-electron chi connectivity index (χ4n) is 1.59. The Labute approximate surface area is 112 Å². The van der Waals surface area contributed by atoms with Crippen LogP contribution in [-0.4, -0.2) is 30.4 Å². The minimum absolute atomic E-state index is 0.215. The second-order valence-electron chi connectivity index (χ2n) is 3.70. The molecule has 0 atom stereocenters. The topological polar surface area (TPSA) is 32.3 Å². The third kappa shape index (κ3) is 5.06. The lowest BCUT2D eigenvalue weighted by molar-refractivity contribution is -0.130. The van der Waals surface area contributed by atoms with E-state index in [0.717, 1.165) is 24.0 Å². The highest BCUT2D eigenvalue weighted by Gasteiger charge is 2.08. The lowest BCUT2D eigenvalue weighted by atomic mass is 10.3. The number of hydrogen-bond donors (Lipinski definition) is 1. The van der Waals surface area contributed by atoms with Crippen molar-refractivity contribution in [1.29, 1.82) is 0 Å². The van der Waals surface area contributed by atoms with Crippen molar-refractivity contribution in [2.24, 2.45) is 0 Å². The Morgan fingerprint density at radius 1 is 1.41 bits per heavy atom. The predicted octanol–water partition coefficient (Wildman–Crippen LogP) is 2.75. The van der Waals surface area contributed by atoms with Crippen LogP contribution in [0, 0.1) is 0 Å². The van der Waals surface area contributed by atoms with Crippen molar-refractivity contribution < 1.29 is 4.79 Å². The van der Waals surface area contributed by atoms with E-state index in [1.165, 1.54) is 4.88 Å². The molecule has 0 radical (unpaired) electrons. The first kappa shape index (κ1) is 14.5. The van der Waals surface area contributed by atoms with Gasteiger partial charge in [-0.05, 0) is 26.0 Å². The molecule has 0 saturated heterocycles. The minimum atomic E-state index is 0.215. The van der Waals surface area contributed by atoms with E-state index in [2.05, 4.69) is 5.32 Å². The number of nitrogens with zero attached hydrogens (tertiary/aromatic N) is 1. The molecule has 1 heterocycles. The molecular formula is C12H19ClN2OS. The Balaban J connectivity index is 2.17. The molecule has 0 aliphatic heterocycles. The summed E-state index contributed by atoms with van der Waals surface area (Å²) in [5.41, 5.74) is 0. The molecule has 1 aromatic heterocycles. The SMILES string of the molecule is CCN(CC)C(=O)CCNCc1ccc(Cl)s1. The summed E-state index contributed by atoms with van der Waals surface area (Å²) in [6.45, 7) is 7.07. The predicted molar refractivity (Wildman–Crippen MR) is 73.6 cm³/mol. The third-order valence-corrected chi connectivity index (χ3v) is 3.79. The van der Waals surface area contributed by atoms with Crippen molar-refractivity contribution in [3.63, 3.8) is 0 Å². The fraction of sp³-hybridized carbons (Fsp3) is 0.583. The molecule has 0 spiro atoms. The van der Waals surface area contributed by atoms with E-state index in [9.17, 15) is 4.79 Å². The monoisotopic (exact) mass is 274 g/mol. The van der Waals surface area contributed by atoms with E-state index < -0.39 is 0 Å². The maximum atomic E-state index is 11.7. The van der Waals surface area contributed by atoms with Gasteiger partial charge < -0.3 is 10.2 Å². The van der Waals surface area contributed by atoms with Gasteiger partial charge in [0, 0.05) is 37.5 Å². The van der Waals surface area contributed by atoms with Crippen molar-refractivity contribution in [3.05, 3.63) is 21.3 Å². The largest absolute Gasteiger partial charge is 0.343 e. The van der Waals surface area contributed by atoms with Gasteiger partial charge in [0.25, 0.3) is 0 Å². The van der Waals surface area contributed by atoms with Gasteiger partial charge in [0.1, 0.15) is 0 Å². The molecule has 1 amide bonds. The van der Waals surface area contributed by atoms with Crippen molar-refractivity contribution >= 4 is 28.8 Å². The Morgan fingerprint density at radius 2 is 2.12 bits per heavy atom. The maximum absolute atomic E-state index is 11.7. The van der Waals surface area contributed by atoms with Crippen LogP contribution in [0.3, 0.4) is 0 Å². The average Bonchev–Trinajstić information content (AvgIpc) is 2.72. The number of amides is 1. The number of halogens is 1. The highest BCUT2D eigenvalue weighted by atomic mass is 35.5. The zero-order chi connectivity index (χ0) is 12.7. The van der Waals surface area contributed by atoms with Crippen LogP contribution in [0.25, 0.3) is 0 Å². The zero-order valence-electron chi connectivity index (χ0n) is 10.3. The lowest BCUT2D eigenvalue weighted by Gasteiger charge is -2.18. The summed E-state index contributed by atoms with van der Waals surface area (Å²) in [5, 5.41) is 3.25. The zero-order valence-corrected chi connectivity index (χ0v) is 11.9. The molecule has 96 valence electrons. The Hall–Kier alpha value is -0.580. The molecule has 0 fully saturated rings. The lowest BCUT2D eigenvalue weighted by Crippen LogP contribution is -2.32. The Bertz CT molecular complexity index is 350. The van der Waals surface area contributed by atoms with E-state index >= 15 is 0 Å². The molecule has 0 saturated carbocycles. The first-order chi connectivity index (χ1) is 8.17. The van der Waals surface area contributed by atoms with Gasteiger partial charge in [-0.15, -0.1) is 11.3 Å². The van der Waals surface area contributed by atoms with E-state index in [4.69, 9.17) is 11.6 Å². The molecule has 17 heavy (non-hydrogen) atoms. The Kier molecular flexibility index (Phi) is 6.55. The highest BCUT2D eigenvalue weighted by molar-refractivity contribution is 7.16. The van der Waals surface area contributed by atoms with Gasteiger partial charge in [-0.1, -0.05) is 11.6 Å². The quantitative estimate of drug-likeness (QED) is 0.776. The molecule has 1 N–H and O–H groups in total. The molecule has 1 aromatic rings. The molecule has 0 aliphatic rings. The van der Waals surface area contributed by atoms with Crippen LogP contribution < -0.4 is 5.32 Å². The molecule has 0 aliphatic carbocycles. The third-order valence-electron chi connectivity index (χ3n) is 2.56. The van der Waals surface area contributed by atoms with Crippen LogP contribution in [0.5, 0.6) is 0 Å². The second kappa shape index (κ2) is 7.69. The smallest absolute Gasteiger partial charge is 0.223 e. The van der Waals surface area contributed by atoms with Gasteiger partial charge in [-0.3, -0.25) is 4.79 Å². The van der Waals surface area contributed by atoms with Gasteiger partial charge in [0.2, 0.25) is 5.91 Å². The molecule has 1 rings (SSSR count). The number of carbonyl (C=O) groups excluding carboxylic acids is 1. The summed E-state index contributed by atoms with van der Waals surface area (Å²) >= 11 is 7.40. The summed E-state index contributed by atoms with van der Waals surface area (Å²) < 4.78 is 0.806. The van der Waals surface area contributed by atoms with Crippen molar-refractivity contribution in [3.8, 4) is 0 Å². The van der Waals surface area contributed by atoms with Crippen molar-refractivity contribution in [1.82, 2.24) is 10.2 Å². The summed E-state index contributed by atoms with van der Waals surface area (Å²) in [6.07, 6.45) is 0.556. The normalized spacial score (nSPS) is 10.5. The summed E-state index contributed by atoms with van der Waals surface area (Å²) in [7, 11) is 0. The summed E-state index contributed by atoms with van der Waals surface area (Å²) in [4.78, 5) is 14.7. The Morgan fingerprint density at radius 3 is 2.65 bits per heavy atom. The van der Waals surface area contributed by atoms with Crippen LogP contribution in [0.1, 0.15) is 25.1 Å². The van der Waals surface area contributed by atoms with Crippen LogP contribution in [-0.2, 0) is 11.3 Å². The molecule has 0 bridgehead atoms. The summed E-state index contributed by atoms with van der Waals surface area (Å²) in [6, 6.07) is 3.90. The highest BCUT2D eigenvalue weighted by Crippen LogP contribution is 2.20. The fourth-order valence-corrected chi connectivity index (χ4v) is 2.65. The van der Waals surface area contributed by atoms with E-state index in [-0.39, 0.29) is 5.91 Å². The van der Waals surface area contributed by atoms with Gasteiger partial charge in [0.15, 0.2) is 0 Å². The molecule has 0 aromatic carbocycles.